The van der Waals surface area contributed by atoms with Gasteiger partial charge in [0.1, 0.15) is 0 Å². The van der Waals surface area contributed by atoms with Gasteiger partial charge in [0.05, 0.1) is 11.0 Å². The number of amides is 2. The van der Waals surface area contributed by atoms with E-state index in [1.807, 2.05) is 66.4 Å². The van der Waals surface area contributed by atoms with Crippen molar-refractivity contribution in [3.8, 4) is 0 Å². The highest BCUT2D eigenvalue weighted by Crippen LogP contribution is 2.43. The number of carbonyl (C=O) groups is 2. The number of anilines is 2. The van der Waals surface area contributed by atoms with Gasteiger partial charge in [0.2, 0.25) is 5.91 Å². The molecule has 3 aromatic rings. The zero-order chi connectivity index (χ0) is 24.9. The second-order valence-electron chi connectivity index (χ2n) is 8.84. The fourth-order valence-corrected chi connectivity index (χ4v) is 4.75. The third kappa shape index (κ3) is 4.94. The lowest BCUT2D eigenvalue weighted by Crippen LogP contribution is -2.47. The van der Waals surface area contributed by atoms with Gasteiger partial charge in [-0.3, -0.25) is 19.7 Å². The van der Waals surface area contributed by atoms with Crippen LogP contribution in [0.2, 0.25) is 0 Å². The summed E-state index contributed by atoms with van der Waals surface area (Å²) in [6.45, 7) is 4.09. The van der Waals surface area contributed by atoms with E-state index in [2.05, 4.69) is 6.92 Å². The first-order chi connectivity index (χ1) is 16.9. The molecule has 2 atom stereocenters. The average molecular weight is 472 g/mol. The topological polar surface area (TPSA) is 83.8 Å². The molecule has 1 aliphatic heterocycles. The van der Waals surface area contributed by atoms with Gasteiger partial charge in [0.15, 0.2) is 0 Å². The van der Waals surface area contributed by atoms with Gasteiger partial charge in [-0.2, -0.15) is 0 Å². The third-order valence-corrected chi connectivity index (χ3v) is 6.46. The number of rotatable bonds is 7. The first-order valence-corrected chi connectivity index (χ1v) is 12.0. The summed E-state index contributed by atoms with van der Waals surface area (Å²) in [6.07, 6.45) is 2.85. The van der Waals surface area contributed by atoms with Crippen molar-refractivity contribution in [1.82, 2.24) is 0 Å². The Balaban J connectivity index is 1.78. The van der Waals surface area contributed by atoms with Crippen LogP contribution < -0.4 is 9.80 Å². The molecule has 2 amide bonds. The molecule has 3 aromatic carbocycles. The lowest BCUT2D eigenvalue weighted by molar-refractivity contribution is -0.384. The second-order valence-corrected chi connectivity index (χ2v) is 8.84. The van der Waals surface area contributed by atoms with E-state index in [0.29, 0.717) is 18.4 Å². The van der Waals surface area contributed by atoms with E-state index in [-0.39, 0.29) is 29.6 Å². The Labute approximate surface area is 205 Å². The molecular formula is C28H29N3O4. The zero-order valence-electron chi connectivity index (χ0n) is 20.0. The van der Waals surface area contributed by atoms with Gasteiger partial charge < -0.3 is 9.80 Å². The van der Waals surface area contributed by atoms with Crippen LogP contribution in [0.4, 0.5) is 17.1 Å². The first kappa shape index (κ1) is 24.1. The van der Waals surface area contributed by atoms with Crippen molar-refractivity contribution in [3.63, 3.8) is 0 Å². The van der Waals surface area contributed by atoms with Crippen molar-refractivity contribution in [2.75, 3.05) is 9.80 Å². The van der Waals surface area contributed by atoms with Gasteiger partial charge in [-0.25, -0.2) is 0 Å². The first-order valence-electron chi connectivity index (χ1n) is 12.0. The summed E-state index contributed by atoms with van der Waals surface area (Å²) in [5.74, 6) is -0.151. The van der Waals surface area contributed by atoms with Crippen molar-refractivity contribution in [1.29, 1.82) is 0 Å². The minimum absolute atomic E-state index is 0.0642. The van der Waals surface area contributed by atoms with E-state index in [9.17, 15) is 19.7 Å². The van der Waals surface area contributed by atoms with Crippen molar-refractivity contribution >= 4 is 28.9 Å². The number of para-hydroxylation sites is 2. The van der Waals surface area contributed by atoms with Crippen LogP contribution in [0.25, 0.3) is 0 Å². The number of benzene rings is 3. The van der Waals surface area contributed by atoms with Crippen LogP contribution in [0.1, 0.15) is 61.5 Å². The molecule has 0 N–H and O–H groups in total. The Morgan fingerprint density at radius 2 is 1.66 bits per heavy atom. The number of hydrogen-bond acceptors (Lipinski definition) is 4. The fourth-order valence-electron chi connectivity index (χ4n) is 4.75. The SMILES string of the molecule is CCCCC(=O)N1c2ccccc2[C@H](N(C(=O)c2ccc([N+](=O)[O-])cc2)c2ccccc2)C[C@H]1C. The molecule has 7 nitrogen and oxygen atoms in total. The second kappa shape index (κ2) is 10.5. The normalized spacial score (nSPS) is 16.9. The fraction of sp³-hybridized carbons (Fsp3) is 0.286. The van der Waals surface area contributed by atoms with E-state index in [4.69, 9.17) is 0 Å². The highest BCUT2D eigenvalue weighted by molar-refractivity contribution is 6.07. The van der Waals surface area contributed by atoms with Crippen LogP contribution in [0.15, 0.2) is 78.9 Å². The molecule has 1 aliphatic rings. The number of nitrogens with zero attached hydrogens (tertiary/aromatic N) is 3. The van der Waals surface area contributed by atoms with Crippen LogP contribution in [0.3, 0.4) is 0 Å². The minimum Gasteiger partial charge on any atom is -0.309 e. The van der Waals surface area contributed by atoms with Crippen LogP contribution in [-0.4, -0.2) is 22.8 Å². The van der Waals surface area contributed by atoms with E-state index in [0.717, 1.165) is 29.8 Å². The van der Waals surface area contributed by atoms with Crippen molar-refractivity contribution < 1.29 is 14.5 Å². The van der Waals surface area contributed by atoms with E-state index in [1.54, 1.807) is 4.90 Å². The molecule has 1 heterocycles. The van der Waals surface area contributed by atoms with Crippen molar-refractivity contribution in [3.05, 3.63) is 100 Å². The monoisotopic (exact) mass is 471 g/mol. The Bertz CT molecular complexity index is 1210. The zero-order valence-corrected chi connectivity index (χ0v) is 20.0. The van der Waals surface area contributed by atoms with Crippen molar-refractivity contribution in [2.45, 2.75) is 51.6 Å². The van der Waals surface area contributed by atoms with Gasteiger partial charge in [0, 0.05) is 41.5 Å². The molecule has 0 saturated carbocycles. The summed E-state index contributed by atoms with van der Waals surface area (Å²) < 4.78 is 0. The summed E-state index contributed by atoms with van der Waals surface area (Å²) >= 11 is 0. The van der Waals surface area contributed by atoms with E-state index >= 15 is 0 Å². The predicted octanol–water partition coefficient (Wildman–Crippen LogP) is 6.30. The molecule has 0 fully saturated rings. The summed E-state index contributed by atoms with van der Waals surface area (Å²) in [4.78, 5) is 41.2. The Morgan fingerprint density at radius 1 is 1.00 bits per heavy atom. The van der Waals surface area contributed by atoms with Gasteiger partial charge in [-0.15, -0.1) is 0 Å². The molecular weight excluding hydrogens is 442 g/mol. The lowest BCUT2D eigenvalue weighted by atomic mass is 9.89. The molecule has 0 spiro atoms. The van der Waals surface area contributed by atoms with Gasteiger partial charge >= 0.3 is 0 Å². The van der Waals surface area contributed by atoms with E-state index < -0.39 is 4.92 Å². The maximum atomic E-state index is 13.9. The number of nitro groups is 1. The molecule has 4 rings (SSSR count). The predicted molar refractivity (Wildman–Crippen MR) is 137 cm³/mol. The lowest BCUT2D eigenvalue weighted by Gasteiger charge is -2.43. The van der Waals surface area contributed by atoms with Crippen LogP contribution in [0.5, 0.6) is 0 Å². The van der Waals surface area contributed by atoms with E-state index in [1.165, 1.54) is 24.3 Å². The molecule has 0 radical (unpaired) electrons. The Kier molecular flexibility index (Phi) is 7.25. The summed E-state index contributed by atoms with van der Waals surface area (Å²) in [5, 5.41) is 11.1. The summed E-state index contributed by atoms with van der Waals surface area (Å²) in [7, 11) is 0. The summed E-state index contributed by atoms with van der Waals surface area (Å²) in [6, 6.07) is 22.5. The molecule has 0 bridgehead atoms. The highest BCUT2D eigenvalue weighted by atomic mass is 16.6. The maximum Gasteiger partial charge on any atom is 0.269 e. The molecule has 0 aromatic heterocycles. The molecule has 35 heavy (non-hydrogen) atoms. The Hall–Kier alpha value is -4.00. The molecule has 180 valence electrons. The number of non-ortho nitro benzene ring substituents is 1. The quantitative estimate of drug-likeness (QED) is 0.299. The molecule has 0 saturated heterocycles. The average Bonchev–Trinajstić information content (AvgIpc) is 2.88. The Morgan fingerprint density at radius 3 is 2.31 bits per heavy atom. The van der Waals surface area contributed by atoms with Crippen molar-refractivity contribution in [2.24, 2.45) is 0 Å². The minimum atomic E-state index is -0.480. The number of nitro benzene ring substituents is 1. The van der Waals surface area contributed by atoms with Crippen LogP contribution >= 0.6 is 0 Å². The number of fused-ring (bicyclic) bond motifs is 1. The number of hydrogen-bond donors (Lipinski definition) is 0. The van der Waals surface area contributed by atoms with Crippen LogP contribution in [0, 0.1) is 10.1 Å². The highest BCUT2D eigenvalue weighted by Gasteiger charge is 2.38. The maximum absolute atomic E-state index is 13.9. The number of unbranched alkanes of at least 4 members (excludes halogenated alkanes) is 1. The third-order valence-electron chi connectivity index (χ3n) is 6.46. The molecule has 0 aliphatic carbocycles. The smallest absolute Gasteiger partial charge is 0.269 e. The number of carbonyl (C=O) groups excluding carboxylic acids is 2. The molecule has 0 unspecified atom stereocenters. The van der Waals surface area contributed by atoms with Gasteiger partial charge in [-0.1, -0.05) is 49.7 Å². The molecule has 7 heteroatoms. The standard InChI is InChI=1S/C28H29N3O4/c1-3-4-14-27(32)29-20(2)19-26(24-12-8-9-13-25(24)29)30(22-10-6-5-7-11-22)28(33)21-15-17-23(18-16-21)31(34)35/h5-13,15-18,20,26H,3-4,14,19H2,1-2H3/t20-,26-/m1/s1. The summed E-state index contributed by atoms with van der Waals surface area (Å²) in [5.41, 5.74) is 2.77. The largest absolute Gasteiger partial charge is 0.309 e. The van der Waals surface area contributed by atoms with Crippen LogP contribution in [-0.2, 0) is 4.79 Å². The van der Waals surface area contributed by atoms with Gasteiger partial charge in [0.25, 0.3) is 11.6 Å². The van der Waals surface area contributed by atoms with Gasteiger partial charge in [-0.05, 0) is 55.7 Å².